The largest absolute Gasteiger partial charge is 0.421 e. The molecule has 2 aromatic rings. The Kier molecular flexibility index (Phi) is 6.53. The van der Waals surface area contributed by atoms with Crippen LogP contribution in [0.3, 0.4) is 0 Å². The first kappa shape index (κ1) is 20.8. The quantitative estimate of drug-likeness (QED) is 0.298. The maximum absolute atomic E-state index is 12.6. The van der Waals surface area contributed by atoms with Gasteiger partial charge >= 0.3 is 5.97 Å². The third-order valence-electron chi connectivity index (χ3n) is 3.74. The van der Waals surface area contributed by atoms with Crippen LogP contribution >= 0.6 is 11.6 Å². The summed E-state index contributed by atoms with van der Waals surface area (Å²) in [4.78, 5) is 22.4. The molecule has 0 aliphatic carbocycles. The molecule has 0 saturated heterocycles. The van der Waals surface area contributed by atoms with Crippen molar-refractivity contribution in [2.75, 3.05) is 13.1 Å². The van der Waals surface area contributed by atoms with E-state index < -0.39 is 20.9 Å². The van der Waals surface area contributed by atoms with E-state index in [-0.39, 0.29) is 26.9 Å². The molecule has 0 N–H and O–H groups in total. The van der Waals surface area contributed by atoms with Crippen molar-refractivity contribution in [3.63, 3.8) is 0 Å². The Labute approximate surface area is 161 Å². The van der Waals surface area contributed by atoms with Gasteiger partial charge < -0.3 is 4.74 Å². The molecule has 0 spiro atoms. The van der Waals surface area contributed by atoms with Crippen LogP contribution in [-0.2, 0) is 10.0 Å². The number of nitro groups is 1. The number of nitrogens with zero attached hydrogens (tertiary/aromatic N) is 2. The van der Waals surface area contributed by atoms with Crippen molar-refractivity contribution >= 4 is 33.3 Å². The SMILES string of the molecule is CCN(CC)S(=O)(=O)c1cccc(C(=O)Oc2ccc([N+](=O)[O-])cc2Cl)c1. The lowest BCUT2D eigenvalue weighted by Gasteiger charge is -2.18. The van der Waals surface area contributed by atoms with Crippen molar-refractivity contribution in [2.45, 2.75) is 18.7 Å². The number of non-ortho nitro benzene ring substituents is 1. The molecule has 0 amide bonds. The molecule has 144 valence electrons. The van der Waals surface area contributed by atoms with E-state index in [2.05, 4.69) is 0 Å². The highest BCUT2D eigenvalue weighted by Crippen LogP contribution is 2.29. The number of nitro benzene ring substituents is 1. The molecule has 0 aliphatic rings. The van der Waals surface area contributed by atoms with Crippen molar-refractivity contribution in [2.24, 2.45) is 0 Å². The molecule has 0 saturated carbocycles. The van der Waals surface area contributed by atoms with Gasteiger partial charge in [0.25, 0.3) is 5.69 Å². The van der Waals surface area contributed by atoms with Gasteiger partial charge in [0.1, 0.15) is 5.75 Å². The number of rotatable bonds is 7. The third kappa shape index (κ3) is 4.62. The highest BCUT2D eigenvalue weighted by atomic mass is 35.5. The van der Waals surface area contributed by atoms with Gasteiger partial charge in [-0.2, -0.15) is 4.31 Å². The molecule has 8 nitrogen and oxygen atoms in total. The van der Waals surface area contributed by atoms with Gasteiger partial charge in [-0.3, -0.25) is 10.1 Å². The predicted molar refractivity (Wildman–Crippen MR) is 99.6 cm³/mol. The van der Waals surface area contributed by atoms with Gasteiger partial charge in [0.15, 0.2) is 0 Å². The van der Waals surface area contributed by atoms with E-state index in [9.17, 15) is 23.3 Å². The number of halogens is 1. The molecular formula is C17H17ClN2O6S. The normalized spacial score (nSPS) is 11.4. The maximum atomic E-state index is 12.6. The fraction of sp³-hybridized carbons (Fsp3) is 0.235. The smallest absolute Gasteiger partial charge is 0.343 e. The number of ether oxygens (including phenoxy) is 1. The molecule has 2 aromatic carbocycles. The van der Waals surface area contributed by atoms with Crippen molar-refractivity contribution in [1.29, 1.82) is 0 Å². The molecule has 0 unspecified atom stereocenters. The van der Waals surface area contributed by atoms with E-state index in [1.165, 1.54) is 34.6 Å². The summed E-state index contributed by atoms with van der Waals surface area (Å²) in [5, 5.41) is 10.6. The van der Waals surface area contributed by atoms with Crippen LogP contribution in [0.5, 0.6) is 5.75 Å². The molecule has 0 heterocycles. The molecule has 0 bridgehead atoms. The number of carbonyl (C=O) groups is 1. The fourth-order valence-corrected chi connectivity index (χ4v) is 4.06. The maximum Gasteiger partial charge on any atom is 0.343 e. The number of sulfonamides is 1. The minimum atomic E-state index is -3.73. The molecule has 0 aromatic heterocycles. The lowest BCUT2D eigenvalue weighted by Crippen LogP contribution is -2.30. The second-order valence-electron chi connectivity index (χ2n) is 5.38. The molecule has 10 heteroatoms. The van der Waals surface area contributed by atoms with Crippen molar-refractivity contribution in [3.05, 3.63) is 63.2 Å². The monoisotopic (exact) mass is 412 g/mol. The second-order valence-corrected chi connectivity index (χ2v) is 7.72. The lowest BCUT2D eigenvalue weighted by atomic mass is 10.2. The summed E-state index contributed by atoms with van der Waals surface area (Å²) in [6.07, 6.45) is 0. The highest BCUT2D eigenvalue weighted by Gasteiger charge is 2.23. The Morgan fingerprint density at radius 2 is 1.85 bits per heavy atom. The zero-order valence-electron chi connectivity index (χ0n) is 14.6. The molecule has 0 fully saturated rings. The van der Waals surface area contributed by atoms with Gasteiger partial charge in [0.2, 0.25) is 10.0 Å². The minimum Gasteiger partial charge on any atom is -0.421 e. The van der Waals surface area contributed by atoms with Crippen LogP contribution in [0, 0.1) is 10.1 Å². The van der Waals surface area contributed by atoms with Crippen LogP contribution in [0.1, 0.15) is 24.2 Å². The summed E-state index contributed by atoms with van der Waals surface area (Å²) in [6, 6.07) is 8.86. The Hall–Kier alpha value is -2.49. The summed E-state index contributed by atoms with van der Waals surface area (Å²) in [5.41, 5.74) is -0.232. The summed E-state index contributed by atoms with van der Waals surface area (Å²) in [5.74, 6) is -0.897. The highest BCUT2D eigenvalue weighted by molar-refractivity contribution is 7.89. The Morgan fingerprint density at radius 3 is 2.41 bits per heavy atom. The summed E-state index contributed by atoms with van der Waals surface area (Å²) >= 11 is 5.90. The van der Waals surface area contributed by atoms with E-state index in [4.69, 9.17) is 16.3 Å². The van der Waals surface area contributed by atoms with E-state index in [1.54, 1.807) is 13.8 Å². The van der Waals surface area contributed by atoms with Crippen LogP contribution in [0.4, 0.5) is 5.69 Å². The molecule has 0 atom stereocenters. The molecular weight excluding hydrogens is 396 g/mol. The fourth-order valence-electron chi connectivity index (χ4n) is 2.34. The van der Waals surface area contributed by atoms with Gasteiger partial charge in [-0.25, -0.2) is 13.2 Å². The zero-order valence-corrected chi connectivity index (χ0v) is 16.2. The first-order valence-corrected chi connectivity index (χ1v) is 9.78. The van der Waals surface area contributed by atoms with Gasteiger partial charge in [0, 0.05) is 25.2 Å². The number of carbonyl (C=O) groups excluding carboxylic acids is 1. The van der Waals surface area contributed by atoms with E-state index in [0.29, 0.717) is 13.1 Å². The zero-order chi connectivity index (χ0) is 20.2. The van der Waals surface area contributed by atoms with Crippen molar-refractivity contribution in [1.82, 2.24) is 4.31 Å². The van der Waals surface area contributed by atoms with Crippen LogP contribution in [0.2, 0.25) is 5.02 Å². The van der Waals surface area contributed by atoms with Crippen LogP contribution in [-0.4, -0.2) is 36.7 Å². The summed E-state index contributed by atoms with van der Waals surface area (Å²) < 4.78 is 31.6. The first-order valence-electron chi connectivity index (χ1n) is 7.97. The standard InChI is InChI=1S/C17H17ClN2O6S/c1-3-19(4-2)27(24,25)14-7-5-6-12(10-14)17(21)26-16-9-8-13(20(22)23)11-15(16)18/h5-11H,3-4H2,1-2H3. The average molecular weight is 413 g/mol. The Bertz CT molecular complexity index is 973. The van der Waals surface area contributed by atoms with Crippen molar-refractivity contribution in [3.8, 4) is 5.75 Å². The van der Waals surface area contributed by atoms with Gasteiger partial charge in [-0.05, 0) is 24.3 Å². The number of hydrogen-bond acceptors (Lipinski definition) is 6. The summed E-state index contributed by atoms with van der Waals surface area (Å²) in [6.45, 7) is 4.03. The Balaban J connectivity index is 2.29. The third-order valence-corrected chi connectivity index (χ3v) is 6.08. The van der Waals surface area contributed by atoms with Gasteiger partial charge in [-0.1, -0.05) is 31.5 Å². The molecule has 2 rings (SSSR count). The summed E-state index contributed by atoms with van der Waals surface area (Å²) in [7, 11) is -3.73. The van der Waals surface area contributed by atoms with E-state index >= 15 is 0 Å². The van der Waals surface area contributed by atoms with Crippen molar-refractivity contribution < 1.29 is 22.9 Å². The lowest BCUT2D eigenvalue weighted by molar-refractivity contribution is -0.384. The van der Waals surface area contributed by atoms with Crippen LogP contribution in [0.25, 0.3) is 0 Å². The van der Waals surface area contributed by atoms with Gasteiger partial charge in [0.05, 0.1) is 20.4 Å². The van der Waals surface area contributed by atoms with Crippen LogP contribution < -0.4 is 4.74 Å². The number of benzene rings is 2. The number of hydrogen-bond donors (Lipinski definition) is 0. The number of esters is 1. The topological polar surface area (TPSA) is 107 Å². The predicted octanol–water partition coefficient (Wildman–Crippen LogP) is 3.50. The molecule has 0 radical (unpaired) electrons. The second kappa shape index (κ2) is 8.47. The first-order chi connectivity index (χ1) is 12.7. The van der Waals surface area contributed by atoms with E-state index in [1.807, 2.05) is 0 Å². The van der Waals surface area contributed by atoms with Crippen LogP contribution in [0.15, 0.2) is 47.4 Å². The minimum absolute atomic E-state index is 0.0117. The van der Waals surface area contributed by atoms with Gasteiger partial charge in [-0.15, -0.1) is 0 Å². The molecule has 27 heavy (non-hydrogen) atoms. The average Bonchev–Trinajstić information content (AvgIpc) is 2.64. The Morgan fingerprint density at radius 1 is 1.19 bits per heavy atom. The van der Waals surface area contributed by atoms with E-state index in [0.717, 1.165) is 12.1 Å². The molecule has 0 aliphatic heterocycles.